The molecular formula is C14H10FN5O. The van der Waals surface area contributed by atoms with Gasteiger partial charge < -0.3 is 5.32 Å². The maximum absolute atomic E-state index is 13.0. The summed E-state index contributed by atoms with van der Waals surface area (Å²) in [5.74, 6) is -0.570. The fraction of sp³-hybridized carbons (Fsp3) is 0. The highest BCUT2D eigenvalue weighted by atomic mass is 19.1. The summed E-state index contributed by atoms with van der Waals surface area (Å²) >= 11 is 0. The van der Waals surface area contributed by atoms with Gasteiger partial charge in [-0.25, -0.2) is 14.6 Å². The minimum absolute atomic E-state index is 0.00570. The van der Waals surface area contributed by atoms with Crippen molar-refractivity contribution in [3.05, 3.63) is 66.6 Å². The summed E-state index contributed by atoms with van der Waals surface area (Å²) in [6, 6.07) is 9.22. The fourth-order valence-electron chi connectivity index (χ4n) is 1.73. The van der Waals surface area contributed by atoms with Crippen LogP contribution < -0.4 is 5.32 Å². The first-order chi connectivity index (χ1) is 10.2. The molecule has 7 heteroatoms. The summed E-state index contributed by atoms with van der Waals surface area (Å²) in [7, 11) is 0. The van der Waals surface area contributed by atoms with Gasteiger partial charge in [0.2, 0.25) is 5.95 Å². The van der Waals surface area contributed by atoms with Crippen molar-refractivity contribution in [2.75, 3.05) is 5.32 Å². The molecule has 1 amide bonds. The highest BCUT2D eigenvalue weighted by Crippen LogP contribution is 2.10. The van der Waals surface area contributed by atoms with Crippen molar-refractivity contribution in [1.29, 1.82) is 0 Å². The molecule has 3 aromatic rings. The van der Waals surface area contributed by atoms with Crippen LogP contribution in [0.3, 0.4) is 0 Å². The van der Waals surface area contributed by atoms with E-state index in [-0.39, 0.29) is 5.69 Å². The van der Waals surface area contributed by atoms with E-state index in [9.17, 15) is 9.18 Å². The number of hydrogen-bond donors (Lipinski definition) is 1. The van der Waals surface area contributed by atoms with Crippen LogP contribution in [0.5, 0.6) is 0 Å². The molecule has 3 heterocycles. The lowest BCUT2D eigenvalue weighted by Crippen LogP contribution is -2.14. The Hall–Kier alpha value is -3.09. The molecule has 0 aliphatic rings. The molecule has 104 valence electrons. The van der Waals surface area contributed by atoms with Crippen molar-refractivity contribution in [3.8, 4) is 5.82 Å². The summed E-state index contributed by atoms with van der Waals surface area (Å²) in [5.41, 5.74) is 0.494. The molecule has 21 heavy (non-hydrogen) atoms. The third kappa shape index (κ3) is 2.92. The van der Waals surface area contributed by atoms with Crippen molar-refractivity contribution in [1.82, 2.24) is 19.7 Å². The maximum Gasteiger partial charge on any atom is 0.274 e. The number of nitrogens with one attached hydrogen (secondary N) is 1. The number of pyridine rings is 2. The van der Waals surface area contributed by atoms with E-state index >= 15 is 0 Å². The molecule has 3 aromatic heterocycles. The Bertz CT molecular complexity index is 755. The average Bonchev–Trinajstić information content (AvgIpc) is 3.02. The van der Waals surface area contributed by atoms with E-state index in [1.165, 1.54) is 24.4 Å². The molecular weight excluding hydrogens is 273 g/mol. The van der Waals surface area contributed by atoms with E-state index < -0.39 is 11.9 Å². The molecule has 0 saturated heterocycles. The van der Waals surface area contributed by atoms with Crippen molar-refractivity contribution in [2.24, 2.45) is 0 Å². The van der Waals surface area contributed by atoms with Gasteiger partial charge in [0.25, 0.3) is 5.91 Å². The zero-order valence-electron chi connectivity index (χ0n) is 10.8. The number of anilines is 1. The number of rotatable bonds is 3. The molecule has 0 bridgehead atoms. The van der Waals surface area contributed by atoms with E-state index in [4.69, 9.17) is 0 Å². The second-order valence-corrected chi connectivity index (χ2v) is 4.16. The van der Waals surface area contributed by atoms with Gasteiger partial charge >= 0.3 is 0 Å². The standard InChI is InChI=1S/C14H10FN5O/c15-12-4-1-3-11(19-12)14(21)18-10-5-6-13(16-9-10)20-8-2-7-17-20/h1-9H,(H,18,21). The van der Waals surface area contributed by atoms with Gasteiger partial charge in [-0.3, -0.25) is 4.79 Å². The SMILES string of the molecule is O=C(Nc1ccc(-n2cccn2)nc1)c1cccc(F)n1. The van der Waals surface area contributed by atoms with E-state index in [0.29, 0.717) is 11.5 Å². The third-order valence-corrected chi connectivity index (χ3v) is 2.69. The predicted molar refractivity (Wildman–Crippen MR) is 73.5 cm³/mol. The average molecular weight is 283 g/mol. The van der Waals surface area contributed by atoms with Gasteiger partial charge in [0, 0.05) is 12.4 Å². The lowest BCUT2D eigenvalue weighted by Gasteiger charge is -2.05. The summed E-state index contributed by atoms with van der Waals surface area (Å²) in [4.78, 5) is 19.6. The predicted octanol–water partition coefficient (Wildman–Crippen LogP) is 2.05. The highest BCUT2D eigenvalue weighted by Gasteiger charge is 2.09. The van der Waals surface area contributed by atoms with Crippen LogP contribution in [0.2, 0.25) is 0 Å². The number of carbonyl (C=O) groups is 1. The Balaban J connectivity index is 1.75. The van der Waals surface area contributed by atoms with Crippen LogP contribution in [0.1, 0.15) is 10.5 Å². The quantitative estimate of drug-likeness (QED) is 0.747. The van der Waals surface area contributed by atoms with E-state index in [0.717, 1.165) is 0 Å². The van der Waals surface area contributed by atoms with Crippen molar-refractivity contribution < 1.29 is 9.18 Å². The van der Waals surface area contributed by atoms with Gasteiger partial charge in [-0.1, -0.05) is 6.07 Å². The number of carbonyl (C=O) groups excluding carboxylic acids is 1. The molecule has 1 N–H and O–H groups in total. The topological polar surface area (TPSA) is 72.7 Å². The molecule has 0 saturated carbocycles. The molecule has 0 fully saturated rings. The van der Waals surface area contributed by atoms with Gasteiger partial charge in [-0.2, -0.15) is 9.49 Å². The first kappa shape index (κ1) is 12.9. The van der Waals surface area contributed by atoms with Gasteiger partial charge in [0.05, 0.1) is 11.9 Å². The monoisotopic (exact) mass is 283 g/mol. The van der Waals surface area contributed by atoms with Crippen molar-refractivity contribution >= 4 is 11.6 Å². The number of aromatic nitrogens is 4. The Labute approximate surface area is 119 Å². The van der Waals surface area contributed by atoms with Gasteiger partial charge in [0.15, 0.2) is 5.82 Å². The van der Waals surface area contributed by atoms with Crippen LogP contribution in [0, 0.1) is 5.95 Å². The number of halogens is 1. The fourth-order valence-corrected chi connectivity index (χ4v) is 1.73. The summed E-state index contributed by atoms with van der Waals surface area (Å²) in [5, 5.41) is 6.65. The summed E-state index contributed by atoms with van der Waals surface area (Å²) in [6.45, 7) is 0. The Morgan fingerprint density at radius 1 is 1.19 bits per heavy atom. The lowest BCUT2D eigenvalue weighted by molar-refractivity contribution is 0.102. The van der Waals surface area contributed by atoms with Crippen LogP contribution in [0.4, 0.5) is 10.1 Å². The Kier molecular flexibility index (Phi) is 3.38. The van der Waals surface area contributed by atoms with Crippen molar-refractivity contribution in [3.63, 3.8) is 0 Å². The number of amides is 1. The molecule has 0 atom stereocenters. The van der Waals surface area contributed by atoms with Crippen LogP contribution in [-0.2, 0) is 0 Å². The van der Waals surface area contributed by atoms with Crippen LogP contribution in [-0.4, -0.2) is 25.7 Å². The Morgan fingerprint density at radius 3 is 2.76 bits per heavy atom. The van der Waals surface area contributed by atoms with Gasteiger partial charge in [0.1, 0.15) is 5.69 Å². The third-order valence-electron chi connectivity index (χ3n) is 2.69. The Morgan fingerprint density at radius 2 is 2.10 bits per heavy atom. The molecule has 0 radical (unpaired) electrons. The van der Waals surface area contributed by atoms with Crippen LogP contribution >= 0.6 is 0 Å². The molecule has 3 rings (SSSR count). The number of nitrogens with zero attached hydrogens (tertiary/aromatic N) is 4. The largest absolute Gasteiger partial charge is 0.319 e. The highest BCUT2D eigenvalue weighted by molar-refractivity contribution is 6.02. The normalized spacial score (nSPS) is 10.3. The second kappa shape index (κ2) is 5.49. The van der Waals surface area contributed by atoms with E-state index in [1.54, 1.807) is 35.3 Å². The first-order valence-corrected chi connectivity index (χ1v) is 6.12. The molecule has 0 unspecified atom stereocenters. The number of hydrogen-bond acceptors (Lipinski definition) is 4. The van der Waals surface area contributed by atoms with E-state index in [1.807, 2.05) is 0 Å². The minimum Gasteiger partial charge on any atom is -0.319 e. The molecule has 0 aliphatic heterocycles. The molecule has 0 spiro atoms. The maximum atomic E-state index is 13.0. The molecule has 6 nitrogen and oxygen atoms in total. The second-order valence-electron chi connectivity index (χ2n) is 4.16. The minimum atomic E-state index is -0.699. The zero-order valence-corrected chi connectivity index (χ0v) is 10.8. The van der Waals surface area contributed by atoms with Crippen LogP contribution in [0.15, 0.2) is 55.0 Å². The lowest BCUT2D eigenvalue weighted by atomic mass is 10.3. The molecule has 0 aliphatic carbocycles. The summed E-state index contributed by atoms with van der Waals surface area (Å²) < 4.78 is 14.6. The van der Waals surface area contributed by atoms with Gasteiger partial charge in [-0.15, -0.1) is 0 Å². The zero-order chi connectivity index (χ0) is 14.7. The first-order valence-electron chi connectivity index (χ1n) is 6.12. The molecule has 0 aromatic carbocycles. The van der Waals surface area contributed by atoms with E-state index in [2.05, 4.69) is 20.4 Å². The smallest absolute Gasteiger partial charge is 0.274 e. The van der Waals surface area contributed by atoms with Gasteiger partial charge in [-0.05, 0) is 30.3 Å². The van der Waals surface area contributed by atoms with Crippen LogP contribution in [0.25, 0.3) is 5.82 Å². The summed E-state index contributed by atoms with van der Waals surface area (Å²) in [6.07, 6.45) is 4.90. The van der Waals surface area contributed by atoms with Crippen molar-refractivity contribution in [2.45, 2.75) is 0 Å².